The summed E-state index contributed by atoms with van der Waals surface area (Å²) in [5.74, 6) is -0.741. The highest BCUT2D eigenvalue weighted by atomic mass is 16.8. The molecule has 2 fully saturated rings. The van der Waals surface area contributed by atoms with Crippen molar-refractivity contribution in [1.82, 2.24) is 5.06 Å². The van der Waals surface area contributed by atoms with Gasteiger partial charge in [0.15, 0.2) is 5.79 Å². The lowest BCUT2D eigenvalue weighted by atomic mass is 10.1. The lowest BCUT2D eigenvalue weighted by molar-refractivity contribution is -0.170. The SMILES string of the molecule is CON(C)C(=O)c1ccc(/C=C/[C@H]2OC[C@H]3OC(C)(C)O[C@@H]23)cc1. The average molecular weight is 333 g/mol. The molecular weight excluding hydrogens is 310 g/mol. The Bertz CT molecular complexity index is 625. The van der Waals surface area contributed by atoms with Gasteiger partial charge < -0.3 is 14.2 Å². The predicted molar refractivity (Wildman–Crippen MR) is 88.1 cm³/mol. The van der Waals surface area contributed by atoms with Gasteiger partial charge in [-0.05, 0) is 31.5 Å². The molecule has 6 heteroatoms. The van der Waals surface area contributed by atoms with Crippen LogP contribution in [0.15, 0.2) is 30.3 Å². The smallest absolute Gasteiger partial charge is 0.277 e. The van der Waals surface area contributed by atoms with Gasteiger partial charge in [-0.15, -0.1) is 0 Å². The van der Waals surface area contributed by atoms with E-state index in [1.165, 1.54) is 12.2 Å². The van der Waals surface area contributed by atoms with Gasteiger partial charge in [-0.2, -0.15) is 0 Å². The van der Waals surface area contributed by atoms with E-state index >= 15 is 0 Å². The molecule has 6 nitrogen and oxygen atoms in total. The number of nitrogens with zero attached hydrogens (tertiary/aromatic N) is 1. The Morgan fingerprint density at radius 3 is 2.67 bits per heavy atom. The van der Waals surface area contributed by atoms with Crippen molar-refractivity contribution < 1.29 is 23.8 Å². The van der Waals surface area contributed by atoms with E-state index < -0.39 is 5.79 Å². The van der Waals surface area contributed by atoms with Gasteiger partial charge in [0.25, 0.3) is 5.91 Å². The molecule has 2 aliphatic heterocycles. The number of benzene rings is 1. The second-order valence-corrected chi connectivity index (χ2v) is 6.40. The second kappa shape index (κ2) is 6.64. The maximum Gasteiger partial charge on any atom is 0.277 e. The normalized spacial score (nSPS) is 28.2. The largest absolute Gasteiger partial charge is 0.369 e. The summed E-state index contributed by atoms with van der Waals surface area (Å²) in [5, 5.41) is 1.19. The molecule has 130 valence electrons. The standard InChI is InChI=1S/C18H23NO5/c1-18(2)23-15-11-22-14(16(15)24-18)10-7-12-5-8-13(9-6-12)17(20)19(3)21-4/h5-10,14-16H,11H2,1-4H3/b10-7+/t14-,15-,16+/m1/s1. The minimum absolute atomic E-state index is 0.0146. The number of carbonyl (C=O) groups is 1. The molecule has 0 aromatic heterocycles. The molecule has 0 bridgehead atoms. The molecule has 2 heterocycles. The van der Waals surface area contributed by atoms with Crippen LogP contribution in [0, 0.1) is 0 Å². The average Bonchev–Trinajstić information content (AvgIpc) is 3.07. The van der Waals surface area contributed by atoms with Crippen molar-refractivity contribution in [3.05, 3.63) is 41.5 Å². The molecule has 0 aliphatic carbocycles. The molecule has 0 spiro atoms. The van der Waals surface area contributed by atoms with Crippen LogP contribution in [0.1, 0.15) is 29.8 Å². The molecule has 24 heavy (non-hydrogen) atoms. The summed E-state index contributed by atoms with van der Waals surface area (Å²) in [6.07, 6.45) is 3.73. The molecule has 1 aromatic carbocycles. The first-order valence-corrected chi connectivity index (χ1v) is 7.97. The summed E-state index contributed by atoms with van der Waals surface area (Å²) in [6, 6.07) is 7.31. The van der Waals surface area contributed by atoms with Gasteiger partial charge in [-0.1, -0.05) is 24.3 Å². The zero-order chi connectivity index (χ0) is 17.3. The fourth-order valence-electron chi connectivity index (χ4n) is 2.94. The van der Waals surface area contributed by atoms with E-state index in [0.29, 0.717) is 12.2 Å². The molecule has 2 saturated heterocycles. The highest BCUT2D eigenvalue weighted by Gasteiger charge is 2.49. The van der Waals surface area contributed by atoms with Crippen LogP contribution in [0.4, 0.5) is 0 Å². The third-order valence-electron chi connectivity index (χ3n) is 4.19. The highest BCUT2D eigenvalue weighted by molar-refractivity contribution is 5.93. The first-order valence-electron chi connectivity index (χ1n) is 7.97. The number of fused-ring (bicyclic) bond motifs is 1. The van der Waals surface area contributed by atoms with Crippen LogP contribution in [0.5, 0.6) is 0 Å². The van der Waals surface area contributed by atoms with Crippen LogP contribution in [0.3, 0.4) is 0 Å². The molecule has 1 aromatic rings. The molecule has 3 atom stereocenters. The van der Waals surface area contributed by atoms with Gasteiger partial charge in [0, 0.05) is 12.6 Å². The number of hydrogen-bond donors (Lipinski definition) is 0. The van der Waals surface area contributed by atoms with Crippen molar-refractivity contribution in [2.24, 2.45) is 0 Å². The van der Waals surface area contributed by atoms with Crippen LogP contribution in [-0.2, 0) is 19.0 Å². The zero-order valence-electron chi connectivity index (χ0n) is 14.4. The lowest BCUT2D eigenvalue weighted by Crippen LogP contribution is -2.28. The Morgan fingerprint density at radius 2 is 2.00 bits per heavy atom. The van der Waals surface area contributed by atoms with Gasteiger partial charge in [0.05, 0.1) is 13.7 Å². The summed E-state index contributed by atoms with van der Waals surface area (Å²) in [6.45, 7) is 4.37. The molecule has 1 amide bonds. The van der Waals surface area contributed by atoms with Crippen molar-refractivity contribution in [2.75, 3.05) is 20.8 Å². The Labute approximate surface area is 141 Å². The molecule has 0 unspecified atom stereocenters. The van der Waals surface area contributed by atoms with E-state index in [-0.39, 0.29) is 24.2 Å². The second-order valence-electron chi connectivity index (χ2n) is 6.40. The maximum atomic E-state index is 12.0. The zero-order valence-corrected chi connectivity index (χ0v) is 14.4. The summed E-state index contributed by atoms with van der Waals surface area (Å²) < 4.78 is 17.4. The maximum absolute atomic E-state index is 12.0. The van der Waals surface area contributed by atoms with E-state index in [9.17, 15) is 4.79 Å². The third-order valence-corrected chi connectivity index (χ3v) is 4.19. The van der Waals surface area contributed by atoms with E-state index in [2.05, 4.69) is 0 Å². The summed E-state index contributed by atoms with van der Waals surface area (Å²) in [5.41, 5.74) is 1.56. The third kappa shape index (κ3) is 3.52. The Balaban J connectivity index is 1.64. The van der Waals surface area contributed by atoms with Crippen LogP contribution < -0.4 is 0 Å². The summed E-state index contributed by atoms with van der Waals surface area (Å²) >= 11 is 0. The van der Waals surface area contributed by atoms with Crippen LogP contribution in [-0.4, -0.2) is 55.8 Å². The van der Waals surface area contributed by atoms with Crippen LogP contribution in [0.2, 0.25) is 0 Å². The van der Waals surface area contributed by atoms with Crippen molar-refractivity contribution in [2.45, 2.75) is 37.9 Å². The molecule has 0 radical (unpaired) electrons. The van der Waals surface area contributed by atoms with E-state index in [4.69, 9.17) is 19.0 Å². The number of hydroxylamine groups is 2. The molecule has 0 N–H and O–H groups in total. The first-order chi connectivity index (χ1) is 11.4. The first kappa shape index (κ1) is 17.1. The van der Waals surface area contributed by atoms with E-state index in [1.54, 1.807) is 19.2 Å². The monoisotopic (exact) mass is 333 g/mol. The molecule has 0 saturated carbocycles. The topological polar surface area (TPSA) is 57.2 Å². The minimum atomic E-state index is -0.555. The Morgan fingerprint density at radius 1 is 1.29 bits per heavy atom. The van der Waals surface area contributed by atoms with Gasteiger partial charge in [0.1, 0.15) is 18.3 Å². The summed E-state index contributed by atoms with van der Waals surface area (Å²) in [4.78, 5) is 16.9. The van der Waals surface area contributed by atoms with Crippen molar-refractivity contribution >= 4 is 12.0 Å². The number of carbonyl (C=O) groups excluding carboxylic acids is 1. The van der Waals surface area contributed by atoms with Crippen molar-refractivity contribution in [3.8, 4) is 0 Å². The quantitative estimate of drug-likeness (QED) is 0.791. The fraction of sp³-hybridized carbons (Fsp3) is 0.500. The van der Waals surface area contributed by atoms with Gasteiger partial charge in [-0.3, -0.25) is 9.63 Å². The minimum Gasteiger partial charge on any atom is -0.369 e. The Hall–Kier alpha value is -1.73. The molecule has 2 aliphatic rings. The van der Waals surface area contributed by atoms with Gasteiger partial charge >= 0.3 is 0 Å². The van der Waals surface area contributed by atoms with E-state index in [1.807, 2.05) is 38.1 Å². The molecular formula is C18H23NO5. The van der Waals surface area contributed by atoms with Crippen molar-refractivity contribution in [1.29, 1.82) is 0 Å². The lowest BCUT2D eigenvalue weighted by Gasteiger charge is -2.20. The fourth-order valence-corrected chi connectivity index (χ4v) is 2.94. The van der Waals surface area contributed by atoms with Gasteiger partial charge in [-0.25, -0.2) is 5.06 Å². The predicted octanol–water partition coefficient (Wildman–Crippen LogP) is 2.25. The van der Waals surface area contributed by atoms with Gasteiger partial charge in [0.2, 0.25) is 0 Å². The number of hydrogen-bond acceptors (Lipinski definition) is 5. The number of amides is 1. The Kier molecular flexibility index (Phi) is 4.73. The molecule has 3 rings (SSSR count). The number of ether oxygens (including phenoxy) is 3. The highest BCUT2D eigenvalue weighted by Crippen LogP contribution is 2.35. The van der Waals surface area contributed by atoms with Crippen molar-refractivity contribution in [3.63, 3.8) is 0 Å². The van der Waals surface area contributed by atoms with Crippen LogP contribution in [0.25, 0.3) is 6.08 Å². The van der Waals surface area contributed by atoms with Crippen LogP contribution >= 0.6 is 0 Å². The number of rotatable bonds is 4. The summed E-state index contributed by atoms with van der Waals surface area (Å²) in [7, 11) is 3.04. The van der Waals surface area contributed by atoms with E-state index in [0.717, 1.165) is 5.56 Å².